The Morgan fingerprint density at radius 2 is 1.38 bits per heavy atom. The van der Waals surface area contributed by atoms with Crippen LogP contribution in [0.15, 0.2) is 54.6 Å². The van der Waals surface area contributed by atoms with Crippen LogP contribution in [0, 0.1) is 15.4 Å². The summed E-state index contributed by atoms with van der Waals surface area (Å²) < 4.78 is 1.20. The summed E-state index contributed by atoms with van der Waals surface area (Å²) in [5.74, 6) is 1.74. The maximum absolute atomic E-state index is 11.8. The Morgan fingerprint density at radius 1 is 0.846 bits per heavy atom. The van der Waals surface area contributed by atoms with Gasteiger partial charge < -0.3 is 10.0 Å². The second-order valence-corrected chi connectivity index (χ2v) is 9.38. The lowest BCUT2D eigenvalue weighted by Crippen LogP contribution is -2.36. The summed E-state index contributed by atoms with van der Waals surface area (Å²) in [5, 5.41) is 11.8. The van der Waals surface area contributed by atoms with Crippen LogP contribution in [0.2, 0.25) is 0 Å². The van der Waals surface area contributed by atoms with Crippen molar-refractivity contribution in [1.82, 2.24) is 4.90 Å². The molecule has 1 N–H and O–H groups in total. The van der Waals surface area contributed by atoms with Gasteiger partial charge in [-0.2, -0.15) is 0 Å². The number of aliphatic hydroxyl groups is 1. The normalized spacial score (nSPS) is 25.6. The third-order valence-electron chi connectivity index (χ3n) is 6.36. The van der Waals surface area contributed by atoms with Crippen LogP contribution in [-0.4, -0.2) is 29.6 Å². The van der Waals surface area contributed by atoms with Crippen LogP contribution in [-0.2, 0) is 5.60 Å². The molecule has 1 aliphatic carbocycles. The van der Waals surface area contributed by atoms with Gasteiger partial charge in [-0.25, -0.2) is 0 Å². The molecule has 3 aliphatic rings. The van der Waals surface area contributed by atoms with E-state index in [1.54, 1.807) is 0 Å². The Hall–Kier alpha value is -0.910. The van der Waals surface area contributed by atoms with Gasteiger partial charge in [0.1, 0.15) is 5.60 Å². The van der Waals surface area contributed by atoms with Crippen LogP contribution in [0.5, 0.6) is 0 Å². The van der Waals surface area contributed by atoms with Crippen LogP contribution < -0.4 is 0 Å². The minimum Gasteiger partial charge on any atom is -0.380 e. The SMILES string of the molecule is OC(CCN1CC2CCC(CC2)C1)(c1ccccc1)c1ccc(I)cc1. The molecule has 138 valence electrons. The zero-order chi connectivity index (χ0) is 18.0. The Kier molecular flexibility index (Phi) is 5.67. The Morgan fingerprint density at radius 3 is 1.96 bits per heavy atom. The first-order valence-electron chi connectivity index (χ1n) is 9.90. The molecule has 0 spiro atoms. The molecule has 26 heavy (non-hydrogen) atoms. The highest BCUT2D eigenvalue weighted by Gasteiger charge is 2.34. The molecular formula is C23H28INO. The van der Waals surface area contributed by atoms with Gasteiger partial charge in [-0.3, -0.25) is 0 Å². The lowest BCUT2D eigenvalue weighted by atomic mass is 9.83. The molecule has 1 atom stereocenters. The quantitative estimate of drug-likeness (QED) is 0.631. The Labute approximate surface area is 170 Å². The molecular weight excluding hydrogens is 433 g/mol. The smallest absolute Gasteiger partial charge is 0.116 e. The summed E-state index contributed by atoms with van der Waals surface area (Å²) in [5.41, 5.74) is 1.08. The zero-order valence-corrected chi connectivity index (χ0v) is 17.4. The lowest BCUT2D eigenvalue weighted by molar-refractivity contribution is 0.0558. The van der Waals surface area contributed by atoms with Crippen molar-refractivity contribution < 1.29 is 5.11 Å². The van der Waals surface area contributed by atoms with Gasteiger partial charge in [-0.15, -0.1) is 0 Å². The molecule has 2 bridgehead atoms. The monoisotopic (exact) mass is 461 g/mol. The fraction of sp³-hybridized carbons (Fsp3) is 0.478. The maximum Gasteiger partial charge on any atom is 0.116 e. The fourth-order valence-corrected chi connectivity index (χ4v) is 5.16. The first-order chi connectivity index (χ1) is 12.6. The molecule has 0 aromatic heterocycles. The van der Waals surface area contributed by atoms with E-state index in [0.717, 1.165) is 35.9 Å². The molecule has 5 rings (SSSR count). The molecule has 0 radical (unpaired) electrons. The molecule has 0 amide bonds. The topological polar surface area (TPSA) is 23.5 Å². The Bertz CT molecular complexity index is 695. The summed E-state index contributed by atoms with van der Waals surface area (Å²) in [7, 11) is 0. The molecule has 1 saturated carbocycles. The maximum atomic E-state index is 11.8. The van der Waals surface area contributed by atoms with Crippen LogP contribution in [0.4, 0.5) is 0 Å². The minimum absolute atomic E-state index is 0.747. The van der Waals surface area contributed by atoms with Crippen LogP contribution in [0.25, 0.3) is 0 Å². The molecule has 1 unspecified atom stereocenters. The summed E-state index contributed by atoms with van der Waals surface area (Å²) in [4.78, 5) is 2.62. The van der Waals surface area contributed by atoms with E-state index < -0.39 is 5.60 Å². The van der Waals surface area contributed by atoms with Gasteiger partial charge >= 0.3 is 0 Å². The number of rotatable bonds is 5. The molecule has 2 heterocycles. The number of hydrogen-bond acceptors (Lipinski definition) is 2. The number of halogens is 1. The van der Waals surface area contributed by atoms with E-state index in [1.165, 1.54) is 42.3 Å². The number of hydrogen-bond donors (Lipinski definition) is 1. The molecule has 2 aromatic carbocycles. The second-order valence-electron chi connectivity index (χ2n) is 8.13. The molecule has 2 saturated heterocycles. The minimum atomic E-state index is -0.920. The van der Waals surface area contributed by atoms with Crippen LogP contribution >= 0.6 is 22.6 Å². The average molecular weight is 461 g/mol. The molecule has 3 heteroatoms. The summed E-state index contributed by atoms with van der Waals surface area (Å²) in [6, 6.07) is 18.5. The van der Waals surface area contributed by atoms with Gasteiger partial charge in [0, 0.05) is 23.2 Å². The van der Waals surface area contributed by atoms with Crippen molar-refractivity contribution in [2.75, 3.05) is 19.6 Å². The number of benzene rings is 2. The zero-order valence-electron chi connectivity index (χ0n) is 15.3. The first-order valence-corrected chi connectivity index (χ1v) is 11.0. The summed E-state index contributed by atoms with van der Waals surface area (Å²) in [6.45, 7) is 3.40. The predicted octanol–water partition coefficient (Wildman–Crippen LogP) is 5.04. The van der Waals surface area contributed by atoms with E-state index in [0.29, 0.717) is 0 Å². The number of nitrogens with zero attached hydrogens (tertiary/aromatic N) is 1. The highest BCUT2D eigenvalue weighted by atomic mass is 127. The highest BCUT2D eigenvalue weighted by molar-refractivity contribution is 14.1. The van der Waals surface area contributed by atoms with E-state index >= 15 is 0 Å². The van der Waals surface area contributed by atoms with Crippen LogP contribution in [0.1, 0.15) is 43.2 Å². The standard InChI is InChI=1S/C23H28INO/c24-22-12-10-21(11-13-22)23(26,20-4-2-1-3-5-20)14-15-25-16-18-6-7-19(17-25)9-8-18/h1-5,10-13,18-19,26H,6-9,14-17H2. The van der Waals surface area contributed by atoms with Gasteiger partial charge in [0.15, 0.2) is 0 Å². The second kappa shape index (κ2) is 7.99. The van der Waals surface area contributed by atoms with Gasteiger partial charge in [-0.05, 0) is 89.8 Å². The summed E-state index contributed by atoms with van der Waals surface area (Å²) >= 11 is 2.32. The van der Waals surface area contributed by atoms with E-state index in [9.17, 15) is 5.11 Å². The van der Waals surface area contributed by atoms with E-state index in [4.69, 9.17) is 0 Å². The Balaban J connectivity index is 1.56. The van der Waals surface area contributed by atoms with Crippen molar-refractivity contribution in [1.29, 1.82) is 0 Å². The van der Waals surface area contributed by atoms with Gasteiger partial charge in [0.2, 0.25) is 0 Å². The van der Waals surface area contributed by atoms with Crippen LogP contribution in [0.3, 0.4) is 0 Å². The largest absolute Gasteiger partial charge is 0.380 e. The third kappa shape index (κ3) is 4.00. The summed E-state index contributed by atoms with van der Waals surface area (Å²) in [6.07, 6.45) is 6.36. The van der Waals surface area contributed by atoms with Gasteiger partial charge in [0.05, 0.1) is 0 Å². The van der Waals surface area contributed by atoms with Crippen molar-refractivity contribution in [3.63, 3.8) is 0 Å². The predicted molar refractivity (Wildman–Crippen MR) is 115 cm³/mol. The van der Waals surface area contributed by atoms with Crippen molar-refractivity contribution in [3.05, 3.63) is 69.3 Å². The molecule has 3 fully saturated rings. The lowest BCUT2D eigenvalue weighted by Gasteiger charge is -2.33. The van der Waals surface area contributed by atoms with Gasteiger partial charge in [-0.1, -0.05) is 42.5 Å². The third-order valence-corrected chi connectivity index (χ3v) is 7.08. The van der Waals surface area contributed by atoms with E-state index in [-0.39, 0.29) is 0 Å². The molecule has 2 aliphatic heterocycles. The fourth-order valence-electron chi connectivity index (χ4n) is 4.80. The van der Waals surface area contributed by atoms with E-state index in [2.05, 4.69) is 63.9 Å². The van der Waals surface area contributed by atoms with Crippen molar-refractivity contribution in [2.45, 2.75) is 37.7 Å². The van der Waals surface area contributed by atoms with Crippen molar-refractivity contribution in [3.8, 4) is 0 Å². The highest BCUT2D eigenvalue weighted by Crippen LogP contribution is 2.37. The molecule has 2 aromatic rings. The van der Waals surface area contributed by atoms with Crippen molar-refractivity contribution >= 4 is 22.6 Å². The van der Waals surface area contributed by atoms with Gasteiger partial charge in [0.25, 0.3) is 0 Å². The van der Waals surface area contributed by atoms with E-state index in [1.807, 2.05) is 18.2 Å². The van der Waals surface area contributed by atoms with Crippen molar-refractivity contribution in [2.24, 2.45) is 11.8 Å². The number of fused-ring (bicyclic) bond motifs is 4. The first kappa shape index (κ1) is 18.5. The average Bonchev–Trinajstić information content (AvgIpc) is 3.00. The molecule has 2 nitrogen and oxygen atoms in total.